The van der Waals surface area contributed by atoms with Crippen LogP contribution < -0.4 is 4.74 Å². The van der Waals surface area contributed by atoms with E-state index in [1.165, 1.54) is 7.11 Å². The summed E-state index contributed by atoms with van der Waals surface area (Å²) in [5.41, 5.74) is 1.32. The lowest BCUT2D eigenvalue weighted by molar-refractivity contribution is 0.0600. The highest BCUT2D eigenvalue weighted by Crippen LogP contribution is 2.17. The summed E-state index contributed by atoms with van der Waals surface area (Å²) >= 11 is 3.38. The molecular weight excluding hydrogens is 362 g/mol. The zero-order valence-electron chi connectivity index (χ0n) is 12.6. The second-order valence-electron chi connectivity index (χ2n) is 4.49. The van der Waals surface area contributed by atoms with Crippen LogP contribution in [0.25, 0.3) is 0 Å². The van der Waals surface area contributed by atoms with Crippen molar-refractivity contribution in [2.75, 3.05) is 20.3 Å². The average Bonchev–Trinajstić information content (AvgIpc) is 2.58. The number of carbonyl (C=O) groups is 1. The summed E-state index contributed by atoms with van der Waals surface area (Å²) < 4.78 is 11.1. The minimum absolute atomic E-state index is 0.337. The van der Waals surface area contributed by atoms with E-state index in [1.54, 1.807) is 30.5 Å². The van der Waals surface area contributed by atoms with Crippen LogP contribution in [0.4, 0.5) is 0 Å². The third-order valence-corrected chi connectivity index (χ3v) is 3.34. The maximum Gasteiger partial charge on any atom is 0.337 e. The number of esters is 1. The molecule has 0 unspecified atom stereocenters. The maximum atomic E-state index is 11.3. The van der Waals surface area contributed by atoms with Gasteiger partial charge in [-0.25, -0.2) is 4.79 Å². The molecular formula is C17H16BrNO4. The van der Waals surface area contributed by atoms with Gasteiger partial charge in [-0.05, 0) is 35.9 Å². The molecule has 0 saturated heterocycles. The summed E-state index contributed by atoms with van der Waals surface area (Å²) in [6.45, 7) is 0.734. The Kier molecular flexibility index (Phi) is 6.62. The molecule has 5 nitrogen and oxygen atoms in total. The molecule has 0 N–H and O–H groups in total. The van der Waals surface area contributed by atoms with Crippen LogP contribution in [-0.2, 0) is 9.57 Å². The number of carbonyl (C=O) groups excluding carboxylic acids is 1. The molecule has 23 heavy (non-hydrogen) atoms. The van der Waals surface area contributed by atoms with Crippen molar-refractivity contribution in [3.63, 3.8) is 0 Å². The smallest absolute Gasteiger partial charge is 0.337 e. The van der Waals surface area contributed by atoms with Gasteiger partial charge in [-0.1, -0.05) is 39.3 Å². The lowest BCUT2D eigenvalue weighted by Crippen LogP contribution is -2.04. The molecule has 0 aliphatic heterocycles. The van der Waals surface area contributed by atoms with Crippen LogP contribution >= 0.6 is 15.9 Å². The van der Waals surface area contributed by atoms with Crippen molar-refractivity contribution in [3.8, 4) is 5.75 Å². The maximum absolute atomic E-state index is 11.3. The standard InChI is InChI=1S/C17H16BrNO4/c1-21-17(20)14-7-5-13(6-8-14)12-19-23-10-9-22-16-4-2-3-15(18)11-16/h2-8,11-12H,9-10H2,1H3/b19-12+. The molecule has 0 amide bonds. The van der Waals surface area contributed by atoms with Gasteiger partial charge in [0, 0.05) is 4.47 Å². The number of oxime groups is 1. The topological polar surface area (TPSA) is 57.1 Å². The van der Waals surface area contributed by atoms with Gasteiger partial charge in [-0.15, -0.1) is 0 Å². The van der Waals surface area contributed by atoms with Crippen LogP contribution in [0.3, 0.4) is 0 Å². The first-order valence-electron chi connectivity index (χ1n) is 6.91. The lowest BCUT2D eigenvalue weighted by Gasteiger charge is -2.05. The van der Waals surface area contributed by atoms with Crippen LogP contribution in [0, 0.1) is 0 Å². The number of methoxy groups -OCH3 is 1. The van der Waals surface area contributed by atoms with Crippen LogP contribution in [0.1, 0.15) is 15.9 Å². The second-order valence-corrected chi connectivity index (χ2v) is 5.40. The van der Waals surface area contributed by atoms with E-state index in [2.05, 4.69) is 25.8 Å². The first-order chi connectivity index (χ1) is 11.2. The van der Waals surface area contributed by atoms with Crippen molar-refractivity contribution >= 4 is 28.1 Å². The molecule has 6 heteroatoms. The Labute approximate surface area is 143 Å². The van der Waals surface area contributed by atoms with Gasteiger partial charge in [0.2, 0.25) is 0 Å². The van der Waals surface area contributed by atoms with E-state index in [1.807, 2.05) is 24.3 Å². The summed E-state index contributed by atoms with van der Waals surface area (Å²) in [5, 5.41) is 3.85. The van der Waals surface area contributed by atoms with Crippen molar-refractivity contribution in [1.82, 2.24) is 0 Å². The van der Waals surface area contributed by atoms with Crippen LogP contribution in [0.5, 0.6) is 5.75 Å². The van der Waals surface area contributed by atoms with E-state index < -0.39 is 0 Å². The van der Waals surface area contributed by atoms with E-state index in [0.717, 1.165) is 15.8 Å². The van der Waals surface area contributed by atoms with E-state index in [-0.39, 0.29) is 5.97 Å². The highest BCUT2D eigenvalue weighted by molar-refractivity contribution is 9.10. The normalized spacial score (nSPS) is 10.5. The van der Waals surface area contributed by atoms with Gasteiger partial charge in [-0.2, -0.15) is 0 Å². The summed E-state index contributed by atoms with van der Waals surface area (Å²) in [7, 11) is 1.35. The zero-order chi connectivity index (χ0) is 16.5. The van der Waals surface area contributed by atoms with Crippen molar-refractivity contribution in [1.29, 1.82) is 0 Å². The van der Waals surface area contributed by atoms with E-state index >= 15 is 0 Å². The predicted octanol–water partition coefficient (Wildman–Crippen LogP) is 3.67. The molecule has 0 saturated carbocycles. The number of hydrogen-bond donors (Lipinski definition) is 0. The van der Waals surface area contributed by atoms with Crippen molar-refractivity contribution in [2.24, 2.45) is 5.16 Å². The van der Waals surface area contributed by atoms with Gasteiger partial charge in [0.25, 0.3) is 0 Å². The third kappa shape index (κ3) is 5.75. The first-order valence-corrected chi connectivity index (χ1v) is 7.70. The molecule has 2 rings (SSSR count). The van der Waals surface area contributed by atoms with Crippen molar-refractivity contribution < 1.29 is 19.1 Å². The Hall–Kier alpha value is -2.34. The number of benzene rings is 2. The van der Waals surface area contributed by atoms with E-state index in [9.17, 15) is 4.79 Å². The lowest BCUT2D eigenvalue weighted by atomic mass is 10.1. The summed E-state index contributed by atoms with van der Waals surface area (Å²) in [5.74, 6) is 0.403. The van der Waals surface area contributed by atoms with Gasteiger partial charge >= 0.3 is 5.97 Å². The molecule has 2 aromatic rings. The molecule has 0 spiro atoms. The SMILES string of the molecule is COC(=O)c1ccc(/C=N/OCCOc2cccc(Br)c2)cc1. The molecule has 0 aromatic heterocycles. The predicted molar refractivity (Wildman–Crippen MR) is 91.0 cm³/mol. The Morgan fingerprint density at radius 1 is 1.17 bits per heavy atom. The fourth-order valence-electron chi connectivity index (χ4n) is 1.73. The molecule has 120 valence electrons. The highest BCUT2D eigenvalue weighted by Gasteiger charge is 2.03. The van der Waals surface area contributed by atoms with Crippen LogP contribution in [-0.4, -0.2) is 32.5 Å². The van der Waals surface area contributed by atoms with Crippen LogP contribution in [0.2, 0.25) is 0 Å². The van der Waals surface area contributed by atoms with Crippen LogP contribution in [0.15, 0.2) is 58.2 Å². The van der Waals surface area contributed by atoms with Gasteiger partial charge in [-0.3, -0.25) is 0 Å². The second kappa shape index (κ2) is 8.95. The fraction of sp³-hybridized carbons (Fsp3) is 0.176. The molecule has 0 aliphatic rings. The summed E-state index contributed by atoms with van der Waals surface area (Å²) in [4.78, 5) is 16.4. The Morgan fingerprint density at radius 2 is 1.96 bits per heavy atom. The zero-order valence-corrected chi connectivity index (χ0v) is 14.2. The largest absolute Gasteiger partial charge is 0.490 e. The minimum Gasteiger partial charge on any atom is -0.490 e. The monoisotopic (exact) mass is 377 g/mol. The molecule has 0 radical (unpaired) electrons. The molecule has 0 bridgehead atoms. The molecule has 0 atom stereocenters. The number of nitrogens with zero attached hydrogens (tertiary/aromatic N) is 1. The quantitative estimate of drug-likeness (QED) is 0.319. The summed E-state index contributed by atoms with van der Waals surface area (Å²) in [6.07, 6.45) is 1.57. The van der Waals surface area contributed by atoms with E-state index in [0.29, 0.717) is 18.8 Å². The molecule has 0 fully saturated rings. The Morgan fingerprint density at radius 3 is 2.65 bits per heavy atom. The van der Waals surface area contributed by atoms with Gasteiger partial charge in [0.1, 0.15) is 12.4 Å². The van der Waals surface area contributed by atoms with Crippen molar-refractivity contribution in [3.05, 3.63) is 64.1 Å². The van der Waals surface area contributed by atoms with Gasteiger partial charge in [0.05, 0.1) is 18.9 Å². The fourth-order valence-corrected chi connectivity index (χ4v) is 2.11. The third-order valence-electron chi connectivity index (χ3n) is 2.85. The number of hydrogen-bond acceptors (Lipinski definition) is 5. The molecule has 0 aliphatic carbocycles. The number of halogens is 1. The molecule has 0 heterocycles. The highest BCUT2D eigenvalue weighted by atomic mass is 79.9. The van der Waals surface area contributed by atoms with E-state index in [4.69, 9.17) is 9.57 Å². The van der Waals surface area contributed by atoms with Gasteiger partial charge in [0.15, 0.2) is 6.61 Å². The summed E-state index contributed by atoms with van der Waals surface area (Å²) in [6, 6.07) is 14.4. The molecule has 2 aromatic carbocycles. The average molecular weight is 378 g/mol. The number of ether oxygens (including phenoxy) is 2. The van der Waals surface area contributed by atoms with Crippen molar-refractivity contribution in [2.45, 2.75) is 0 Å². The first kappa shape index (κ1) is 17.0. The number of rotatable bonds is 7. The van der Waals surface area contributed by atoms with Gasteiger partial charge < -0.3 is 14.3 Å². The minimum atomic E-state index is -0.366. The Bertz CT molecular complexity index is 671. The Balaban J connectivity index is 1.71.